The first-order valence-electron chi connectivity index (χ1n) is 6.83. The smallest absolute Gasteiger partial charge is 0.0526 e. The number of hydrogen-bond donors (Lipinski definition) is 1. The van der Waals surface area contributed by atoms with Crippen molar-refractivity contribution in [3.8, 4) is 0 Å². The summed E-state index contributed by atoms with van der Waals surface area (Å²) in [5.74, 6) is 0. The summed E-state index contributed by atoms with van der Waals surface area (Å²) in [5, 5.41) is 9.47. The zero-order valence-corrected chi connectivity index (χ0v) is 10.7. The first-order chi connectivity index (χ1) is 7.66. The fraction of sp³-hybridized carbons (Fsp3) is 1.00. The quantitative estimate of drug-likeness (QED) is 0.786. The van der Waals surface area contributed by atoms with E-state index in [0.29, 0.717) is 6.04 Å². The van der Waals surface area contributed by atoms with Gasteiger partial charge in [-0.05, 0) is 59.2 Å². The summed E-state index contributed by atoms with van der Waals surface area (Å²) in [6, 6.07) is 1.32. The molecule has 0 aromatic heterocycles. The zero-order chi connectivity index (χ0) is 11.5. The molecule has 1 N–H and O–H groups in total. The lowest BCUT2D eigenvalue weighted by atomic mass is 10.1. The van der Waals surface area contributed by atoms with Crippen LogP contribution in [-0.2, 0) is 0 Å². The molecule has 2 aliphatic rings. The van der Waals surface area contributed by atoms with Crippen LogP contribution in [0.5, 0.6) is 0 Å². The first-order valence-corrected chi connectivity index (χ1v) is 6.83. The summed E-state index contributed by atoms with van der Waals surface area (Å²) in [5.41, 5.74) is 0. The maximum absolute atomic E-state index is 9.47. The van der Waals surface area contributed by atoms with Gasteiger partial charge in [-0.1, -0.05) is 0 Å². The Morgan fingerprint density at radius 2 is 1.94 bits per heavy atom. The molecule has 0 aromatic carbocycles. The third-order valence-electron chi connectivity index (χ3n) is 4.14. The summed E-state index contributed by atoms with van der Waals surface area (Å²) in [6.07, 6.45) is 4.78. The van der Waals surface area contributed by atoms with Gasteiger partial charge in [0.1, 0.15) is 0 Å². The van der Waals surface area contributed by atoms with Crippen LogP contribution >= 0.6 is 0 Å². The minimum Gasteiger partial charge on any atom is -0.393 e. The predicted molar refractivity (Wildman–Crippen MR) is 66.5 cm³/mol. The Bertz CT molecular complexity index is 220. The topological polar surface area (TPSA) is 26.7 Å². The van der Waals surface area contributed by atoms with Gasteiger partial charge in [-0.3, -0.25) is 9.80 Å². The van der Waals surface area contributed by atoms with E-state index >= 15 is 0 Å². The molecule has 2 fully saturated rings. The molecule has 0 amide bonds. The van der Waals surface area contributed by atoms with Gasteiger partial charge in [0.15, 0.2) is 0 Å². The molecule has 0 spiro atoms. The minimum atomic E-state index is -0.169. The Morgan fingerprint density at radius 1 is 1.19 bits per heavy atom. The van der Waals surface area contributed by atoms with Crippen molar-refractivity contribution in [2.45, 2.75) is 57.7 Å². The molecule has 2 aliphatic heterocycles. The molecule has 0 aromatic rings. The standard InChI is InChI=1S/C13H26N2O/c1-11(9-12(2)16)15-8-4-7-14-6-3-5-13(14)10-15/h11-13,16H,3-10H2,1-2H3. The van der Waals surface area contributed by atoms with Gasteiger partial charge in [-0.25, -0.2) is 0 Å². The van der Waals surface area contributed by atoms with Crippen molar-refractivity contribution in [3.05, 3.63) is 0 Å². The number of nitrogens with zero attached hydrogens (tertiary/aromatic N) is 2. The Morgan fingerprint density at radius 3 is 2.69 bits per heavy atom. The van der Waals surface area contributed by atoms with Crippen molar-refractivity contribution >= 4 is 0 Å². The van der Waals surface area contributed by atoms with Gasteiger partial charge >= 0.3 is 0 Å². The van der Waals surface area contributed by atoms with Crippen LogP contribution in [-0.4, -0.2) is 59.3 Å². The summed E-state index contributed by atoms with van der Waals surface area (Å²) < 4.78 is 0. The van der Waals surface area contributed by atoms with Crippen molar-refractivity contribution in [1.29, 1.82) is 0 Å². The van der Waals surface area contributed by atoms with Crippen LogP contribution in [0.15, 0.2) is 0 Å². The molecule has 3 atom stereocenters. The van der Waals surface area contributed by atoms with Crippen LogP contribution in [0.3, 0.4) is 0 Å². The second kappa shape index (κ2) is 5.48. The second-order valence-electron chi connectivity index (χ2n) is 5.61. The van der Waals surface area contributed by atoms with Crippen molar-refractivity contribution < 1.29 is 5.11 Å². The Labute approximate surface area is 99.4 Å². The molecular formula is C13H26N2O. The molecule has 3 unspecified atom stereocenters. The average molecular weight is 226 g/mol. The Balaban J connectivity index is 1.89. The number of aliphatic hydroxyl groups excluding tert-OH is 1. The molecule has 0 bridgehead atoms. The van der Waals surface area contributed by atoms with E-state index in [4.69, 9.17) is 0 Å². The molecule has 16 heavy (non-hydrogen) atoms. The van der Waals surface area contributed by atoms with E-state index in [0.717, 1.165) is 12.5 Å². The van der Waals surface area contributed by atoms with Crippen molar-refractivity contribution in [2.24, 2.45) is 0 Å². The molecule has 3 nitrogen and oxygen atoms in total. The molecular weight excluding hydrogens is 200 g/mol. The normalized spacial score (nSPS) is 32.1. The Hall–Kier alpha value is -0.120. The highest BCUT2D eigenvalue weighted by molar-refractivity contribution is 4.86. The zero-order valence-electron chi connectivity index (χ0n) is 10.7. The van der Waals surface area contributed by atoms with E-state index < -0.39 is 0 Å². The van der Waals surface area contributed by atoms with E-state index in [9.17, 15) is 5.11 Å². The van der Waals surface area contributed by atoms with Gasteiger partial charge in [0.2, 0.25) is 0 Å². The highest BCUT2D eigenvalue weighted by atomic mass is 16.3. The van der Waals surface area contributed by atoms with Gasteiger partial charge in [0.25, 0.3) is 0 Å². The molecule has 2 heterocycles. The average Bonchev–Trinajstić information content (AvgIpc) is 2.54. The first kappa shape index (κ1) is 12.3. The van der Waals surface area contributed by atoms with Crippen LogP contribution in [0.2, 0.25) is 0 Å². The van der Waals surface area contributed by atoms with E-state index in [1.165, 1.54) is 45.4 Å². The second-order valence-corrected chi connectivity index (χ2v) is 5.61. The van der Waals surface area contributed by atoms with Crippen LogP contribution in [0, 0.1) is 0 Å². The molecule has 0 saturated carbocycles. The monoisotopic (exact) mass is 226 g/mol. The van der Waals surface area contributed by atoms with Gasteiger partial charge in [0.05, 0.1) is 6.10 Å². The maximum atomic E-state index is 9.47. The van der Waals surface area contributed by atoms with Crippen molar-refractivity contribution in [1.82, 2.24) is 9.80 Å². The van der Waals surface area contributed by atoms with Crippen LogP contribution in [0.25, 0.3) is 0 Å². The lowest BCUT2D eigenvalue weighted by molar-refractivity contribution is 0.113. The lowest BCUT2D eigenvalue weighted by Crippen LogP contribution is -2.41. The SMILES string of the molecule is CC(O)CC(C)N1CCCN2CCCC2C1. The van der Waals surface area contributed by atoms with Crippen LogP contribution in [0.1, 0.15) is 39.5 Å². The number of rotatable bonds is 3. The van der Waals surface area contributed by atoms with Gasteiger partial charge in [-0.2, -0.15) is 0 Å². The third kappa shape index (κ3) is 2.96. The summed E-state index contributed by atoms with van der Waals surface area (Å²) >= 11 is 0. The van der Waals surface area contributed by atoms with Crippen LogP contribution in [0.4, 0.5) is 0 Å². The fourth-order valence-corrected chi connectivity index (χ4v) is 3.28. The van der Waals surface area contributed by atoms with E-state index in [-0.39, 0.29) is 6.10 Å². The molecule has 0 aliphatic carbocycles. The van der Waals surface area contributed by atoms with Crippen molar-refractivity contribution in [3.63, 3.8) is 0 Å². The van der Waals surface area contributed by atoms with E-state index in [2.05, 4.69) is 16.7 Å². The number of hydrogen-bond acceptors (Lipinski definition) is 3. The predicted octanol–water partition coefficient (Wildman–Crippen LogP) is 1.32. The summed E-state index contributed by atoms with van der Waals surface area (Å²) in [7, 11) is 0. The maximum Gasteiger partial charge on any atom is 0.0526 e. The third-order valence-corrected chi connectivity index (χ3v) is 4.14. The lowest BCUT2D eigenvalue weighted by Gasteiger charge is -2.31. The number of fused-ring (bicyclic) bond motifs is 1. The molecule has 94 valence electrons. The van der Waals surface area contributed by atoms with Gasteiger partial charge < -0.3 is 5.11 Å². The van der Waals surface area contributed by atoms with Crippen LogP contribution < -0.4 is 0 Å². The molecule has 3 heteroatoms. The molecule has 0 radical (unpaired) electrons. The Kier molecular flexibility index (Phi) is 4.22. The highest BCUT2D eigenvalue weighted by Crippen LogP contribution is 2.23. The summed E-state index contributed by atoms with van der Waals surface area (Å²) in [6.45, 7) is 9.17. The molecule has 2 saturated heterocycles. The van der Waals surface area contributed by atoms with Crippen molar-refractivity contribution in [2.75, 3.05) is 26.2 Å². The molecule has 2 rings (SSSR count). The number of aliphatic hydroxyl groups is 1. The van der Waals surface area contributed by atoms with E-state index in [1.807, 2.05) is 6.92 Å². The summed E-state index contributed by atoms with van der Waals surface area (Å²) in [4.78, 5) is 5.25. The van der Waals surface area contributed by atoms with Gasteiger partial charge in [-0.15, -0.1) is 0 Å². The van der Waals surface area contributed by atoms with Gasteiger partial charge in [0, 0.05) is 18.6 Å². The minimum absolute atomic E-state index is 0.169. The largest absolute Gasteiger partial charge is 0.393 e. The highest BCUT2D eigenvalue weighted by Gasteiger charge is 2.30. The fourth-order valence-electron chi connectivity index (χ4n) is 3.28. The van der Waals surface area contributed by atoms with E-state index in [1.54, 1.807) is 0 Å².